The smallest absolute Gasteiger partial charge is 0.318 e. The minimum absolute atomic E-state index is 0.125. The summed E-state index contributed by atoms with van der Waals surface area (Å²) >= 11 is 0. The Labute approximate surface area is 76.8 Å². The predicted molar refractivity (Wildman–Crippen MR) is 45.5 cm³/mol. The van der Waals surface area contributed by atoms with Gasteiger partial charge in [-0.2, -0.15) is 0 Å². The summed E-state index contributed by atoms with van der Waals surface area (Å²) in [7, 11) is 0. The molecule has 70 valence electrons. The van der Waals surface area contributed by atoms with Crippen molar-refractivity contribution in [3.63, 3.8) is 0 Å². The first-order chi connectivity index (χ1) is 6.11. The summed E-state index contributed by atoms with van der Waals surface area (Å²) in [6.07, 6.45) is 3.98. The molecule has 1 fully saturated rings. The van der Waals surface area contributed by atoms with Crippen LogP contribution in [-0.2, 0) is 14.3 Å². The number of fused-ring (bicyclic) bond motifs is 1. The van der Waals surface area contributed by atoms with Crippen molar-refractivity contribution in [3.05, 3.63) is 12.2 Å². The Hall–Kier alpha value is -1.12. The highest BCUT2D eigenvalue weighted by Crippen LogP contribution is 2.39. The first-order valence-electron chi connectivity index (χ1n) is 4.55. The van der Waals surface area contributed by atoms with Crippen LogP contribution in [0.2, 0.25) is 0 Å². The summed E-state index contributed by atoms with van der Waals surface area (Å²) in [5.74, 6) is -0.933. The fraction of sp³-hybridized carbons (Fsp3) is 0.600. The highest BCUT2D eigenvalue weighted by molar-refractivity contribution is 5.97. The number of rotatable bonds is 0. The van der Waals surface area contributed by atoms with Crippen LogP contribution < -0.4 is 0 Å². The van der Waals surface area contributed by atoms with Crippen LogP contribution >= 0.6 is 0 Å². The minimum Gasteiger partial charge on any atom is -0.393 e. The average Bonchev–Trinajstić information content (AvgIpc) is 2.36. The first-order valence-corrected chi connectivity index (χ1v) is 4.55. The highest BCUT2D eigenvalue weighted by atomic mass is 16.6. The molecule has 1 aliphatic heterocycles. The van der Waals surface area contributed by atoms with Crippen molar-refractivity contribution < 1.29 is 14.3 Å². The molecule has 2 rings (SSSR count). The summed E-state index contributed by atoms with van der Waals surface area (Å²) in [6.45, 7) is 3.89. The summed E-state index contributed by atoms with van der Waals surface area (Å²) in [5.41, 5.74) is 0. The lowest BCUT2D eigenvalue weighted by atomic mass is 9.73. The number of cyclic esters (lactones) is 2. The van der Waals surface area contributed by atoms with Gasteiger partial charge in [0.25, 0.3) is 0 Å². The molecule has 0 saturated carbocycles. The summed E-state index contributed by atoms with van der Waals surface area (Å²) in [5, 5.41) is 0. The van der Waals surface area contributed by atoms with Crippen LogP contribution in [-0.4, -0.2) is 11.9 Å². The van der Waals surface area contributed by atoms with Crippen molar-refractivity contribution in [2.45, 2.75) is 13.8 Å². The standard InChI is InChI=1S/C10H12O3/c1-5-3-4-6(2)8-7(5)9(11)13-10(8)12/h3-8H,1-2H3. The Morgan fingerprint density at radius 2 is 1.38 bits per heavy atom. The molecule has 3 nitrogen and oxygen atoms in total. The van der Waals surface area contributed by atoms with Crippen LogP contribution in [0.3, 0.4) is 0 Å². The molecule has 0 aromatic heterocycles. The predicted octanol–water partition coefficient (Wildman–Crippen LogP) is 1.14. The number of carbonyl (C=O) groups excluding carboxylic acids is 2. The maximum atomic E-state index is 11.3. The summed E-state index contributed by atoms with van der Waals surface area (Å²) in [4.78, 5) is 22.6. The number of esters is 2. The molecule has 1 saturated heterocycles. The molecular weight excluding hydrogens is 168 g/mol. The van der Waals surface area contributed by atoms with Crippen LogP contribution in [0.5, 0.6) is 0 Å². The van der Waals surface area contributed by atoms with E-state index in [1.807, 2.05) is 26.0 Å². The van der Waals surface area contributed by atoms with Gasteiger partial charge in [-0.1, -0.05) is 26.0 Å². The van der Waals surface area contributed by atoms with Crippen LogP contribution in [0.4, 0.5) is 0 Å². The SMILES string of the molecule is CC1C=CC(C)C2C(=O)OC(=O)C12. The number of hydrogen-bond acceptors (Lipinski definition) is 3. The van der Waals surface area contributed by atoms with Gasteiger partial charge < -0.3 is 4.74 Å². The fourth-order valence-electron chi connectivity index (χ4n) is 2.20. The highest BCUT2D eigenvalue weighted by Gasteiger charge is 2.49. The van der Waals surface area contributed by atoms with E-state index in [2.05, 4.69) is 4.74 Å². The number of carbonyl (C=O) groups is 2. The zero-order chi connectivity index (χ0) is 9.59. The second kappa shape index (κ2) is 2.69. The molecule has 4 unspecified atom stereocenters. The van der Waals surface area contributed by atoms with Crippen LogP contribution in [0.1, 0.15) is 13.8 Å². The number of hydrogen-bond donors (Lipinski definition) is 0. The summed E-state index contributed by atoms with van der Waals surface area (Å²) < 4.78 is 4.63. The lowest BCUT2D eigenvalue weighted by Gasteiger charge is -2.26. The van der Waals surface area contributed by atoms with E-state index in [4.69, 9.17) is 0 Å². The molecule has 0 bridgehead atoms. The molecule has 0 radical (unpaired) electrons. The van der Waals surface area contributed by atoms with E-state index in [9.17, 15) is 9.59 Å². The molecule has 4 atom stereocenters. The fourth-order valence-corrected chi connectivity index (χ4v) is 2.20. The van der Waals surface area contributed by atoms with Crippen LogP contribution in [0.15, 0.2) is 12.2 Å². The van der Waals surface area contributed by atoms with Gasteiger partial charge in [0.2, 0.25) is 0 Å². The molecule has 1 aliphatic carbocycles. The third kappa shape index (κ3) is 1.10. The van der Waals surface area contributed by atoms with Crippen molar-refractivity contribution in [3.8, 4) is 0 Å². The van der Waals surface area contributed by atoms with E-state index >= 15 is 0 Å². The van der Waals surface area contributed by atoms with Gasteiger partial charge in [-0.15, -0.1) is 0 Å². The molecule has 3 heteroatoms. The van der Waals surface area contributed by atoms with E-state index in [1.54, 1.807) is 0 Å². The molecule has 0 spiro atoms. The normalized spacial score (nSPS) is 43.2. The summed E-state index contributed by atoms with van der Waals surface area (Å²) in [6, 6.07) is 0. The van der Waals surface area contributed by atoms with Crippen molar-refractivity contribution in [2.24, 2.45) is 23.7 Å². The largest absolute Gasteiger partial charge is 0.393 e. The van der Waals surface area contributed by atoms with E-state index < -0.39 is 0 Å². The van der Waals surface area contributed by atoms with Gasteiger partial charge in [-0.3, -0.25) is 9.59 Å². The molecule has 2 aliphatic rings. The molecule has 0 amide bonds. The van der Waals surface area contributed by atoms with Crippen molar-refractivity contribution in [1.82, 2.24) is 0 Å². The zero-order valence-corrected chi connectivity index (χ0v) is 7.69. The van der Waals surface area contributed by atoms with Crippen molar-refractivity contribution >= 4 is 11.9 Å². The van der Waals surface area contributed by atoms with E-state index in [0.717, 1.165) is 0 Å². The molecule has 0 aromatic carbocycles. The lowest BCUT2D eigenvalue weighted by molar-refractivity contribution is -0.154. The van der Waals surface area contributed by atoms with Gasteiger partial charge in [-0.25, -0.2) is 0 Å². The topological polar surface area (TPSA) is 43.4 Å². The molecule has 0 N–H and O–H groups in total. The van der Waals surface area contributed by atoms with E-state index in [1.165, 1.54) is 0 Å². The van der Waals surface area contributed by atoms with E-state index in [0.29, 0.717) is 0 Å². The van der Waals surface area contributed by atoms with Crippen LogP contribution in [0.25, 0.3) is 0 Å². The Balaban J connectivity index is 2.38. The maximum absolute atomic E-state index is 11.3. The molecular formula is C10H12O3. The third-order valence-electron chi connectivity index (χ3n) is 2.98. The molecule has 0 aromatic rings. The van der Waals surface area contributed by atoms with Gasteiger partial charge in [0.1, 0.15) is 0 Å². The van der Waals surface area contributed by atoms with Crippen molar-refractivity contribution in [2.75, 3.05) is 0 Å². The third-order valence-corrected chi connectivity index (χ3v) is 2.98. The Morgan fingerprint density at radius 3 is 1.77 bits per heavy atom. The van der Waals surface area contributed by atoms with Gasteiger partial charge in [0.05, 0.1) is 11.8 Å². The van der Waals surface area contributed by atoms with Gasteiger partial charge >= 0.3 is 11.9 Å². The van der Waals surface area contributed by atoms with Crippen molar-refractivity contribution in [1.29, 1.82) is 0 Å². The lowest BCUT2D eigenvalue weighted by Crippen LogP contribution is -2.31. The van der Waals surface area contributed by atoms with E-state index in [-0.39, 0.29) is 35.6 Å². The molecule has 13 heavy (non-hydrogen) atoms. The Bertz CT molecular complexity index is 265. The monoisotopic (exact) mass is 180 g/mol. The average molecular weight is 180 g/mol. The zero-order valence-electron chi connectivity index (χ0n) is 7.69. The molecule has 1 heterocycles. The van der Waals surface area contributed by atoms with Gasteiger partial charge in [-0.05, 0) is 11.8 Å². The van der Waals surface area contributed by atoms with Crippen LogP contribution in [0, 0.1) is 23.7 Å². The van der Waals surface area contributed by atoms with Gasteiger partial charge in [0.15, 0.2) is 0 Å². The maximum Gasteiger partial charge on any atom is 0.318 e. The minimum atomic E-state index is -0.348. The Morgan fingerprint density at radius 1 is 1.00 bits per heavy atom. The quantitative estimate of drug-likeness (QED) is 0.319. The first kappa shape index (κ1) is 8.48. The Kier molecular flexibility index (Phi) is 1.75. The van der Waals surface area contributed by atoms with Gasteiger partial charge in [0, 0.05) is 0 Å². The number of ether oxygens (including phenoxy) is 1. The second-order valence-electron chi connectivity index (χ2n) is 3.89. The second-order valence-corrected chi connectivity index (χ2v) is 3.89. The number of allylic oxidation sites excluding steroid dienone is 2.